The van der Waals surface area contributed by atoms with Gasteiger partial charge in [0, 0.05) is 44.8 Å². The highest BCUT2D eigenvalue weighted by molar-refractivity contribution is 8.06. The average molecular weight is 611 g/mol. The summed E-state index contributed by atoms with van der Waals surface area (Å²) in [6, 6.07) is 2.59. The molecule has 2 aliphatic rings. The Labute approximate surface area is 237 Å². The number of nitrogens with one attached hydrogen (secondary N) is 1. The predicted octanol–water partition coefficient (Wildman–Crippen LogP) is -0.311. The van der Waals surface area contributed by atoms with Crippen molar-refractivity contribution in [1.82, 2.24) is 24.6 Å². The topological polar surface area (TPSA) is 248 Å². The summed E-state index contributed by atoms with van der Waals surface area (Å²) in [6.45, 7) is 0.491. The van der Waals surface area contributed by atoms with E-state index < -0.39 is 34.9 Å². The van der Waals surface area contributed by atoms with Gasteiger partial charge in [0.05, 0.1) is 12.2 Å². The fraction of sp³-hybridized carbons (Fsp3) is 0.300. The Hall–Kier alpha value is -3.55. The van der Waals surface area contributed by atoms with Gasteiger partial charge in [-0.05, 0) is 12.1 Å². The van der Waals surface area contributed by atoms with E-state index in [4.69, 9.17) is 17.2 Å². The van der Waals surface area contributed by atoms with Crippen molar-refractivity contribution in [3.8, 4) is 0 Å². The number of carbonyl (C=O) groups is 3. The molecule has 0 aliphatic carbocycles. The zero-order valence-electron chi connectivity index (χ0n) is 19.9. The number of amides is 2. The fourth-order valence-electron chi connectivity index (χ4n) is 3.56. The van der Waals surface area contributed by atoms with Crippen molar-refractivity contribution in [3.05, 3.63) is 40.5 Å². The van der Waals surface area contributed by atoms with E-state index in [1.807, 2.05) is 6.07 Å². The third-order valence-corrected chi connectivity index (χ3v) is 9.25. The molecular weight excluding hydrogens is 589 g/mol. The predicted molar refractivity (Wildman–Crippen MR) is 149 cm³/mol. The highest BCUT2D eigenvalue weighted by atomic mass is 32.2. The van der Waals surface area contributed by atoms with Gasteiger partial charge in [0.1, 0.15) is 17.1 Å². The van der Waals surface area contributed by atoms with E-state index in [1.54, 1.807) is 24.0 Å². The number of rotatable bonds is 11. The first-order chi connectivity index (χ1) is 18.7. The summed E-state index contributed by atoms with van der Waals surface area (Å²) >= 11 is 4.96. The van der Waals surface area contributed by atoms with E-state index in [0.717, 1.165) is 27.0 Å². The van der Waals surface area contributed by atoms with Gasteiger partial charge in [-0.3, -0.25) is 24.5 Å². The van der Waals surface area contributed by atoms with Crippen LogP contribution in [0.4, 0.5) is 5.13 Å². The standard InChI is InChI=1S/C20H22N10O5S4/c21-19(22)25-3-4-36-6-8-5-9(1-2-24-8)38-10-7-37-17-12(16(32)30(17)13(10)18(33)34)26-15(31)11(28-35)14-27-20(23)39-29-14/h1-2,5,12,17,35H,3-4,6-7H2,(H,26,31)(H,33,34)(H4,21,22,25)(H2,23,27,29)/b28-11-/t12-,17-/m1/s1. The van der Waals surface area contributed by atoms with Gasteiger partial charge in [0.2, 0.25) is 11.5 Å². The van der Waals surface area contributed by atoms with Crippen molar-refractivity contribution in [3.63, 3.8) is 0 Å². The van der Waals surface area contributed by atoms with Crippen molar-refractivity contribution < 1.29 is 24.7 Å². The average Bonchev–Trinajstić information content (AvgIpc) is 3.32. The number of thioether (sulfide) groups is 3. The number of β-lactam (4-membered cyclic amide) rings is 1. The minimum absolute atomic E-state index is 0.0407. The Balaban J connectivity index is 1.43. The Bertz CT molecular complexity index is 1380. The van der Waals surface area contributed by atoms with Crippen LogP contribution in [0.2, 0.25) is 0 Å². The first-order valence-corrected chi connectivity index (χ1v) is 14.8. The maximum atomic E-state index is 13.0. The highest BCUT2D eigenvalue weighted by Gasteiger charge is 2.54. The van der Waals surface area contributed by atoms with Crippen molar-refractivity contribution in [2.45, 2.75) is 22.1 Å². The summed E-state index contributed by atoms with van der Waals surface area (Å²) in [4.78, 5) is 52.3. The van der Waals surface area contributed by atoms with Crippen molar-refractivity contribution in [1.29, 1.82) is 0 Å². The highest BCUT2D eigenvalue weighted by Crippen LogP contribution is 2.45. The summed E-state index contributed by atoms with van der Waals surface area (Å²) < 4.78 is 3.83. The first kappa shape index (κ1) is 28.5. The smallest absolute Gasteiger partial charge is 0.353 e. The molecule has 4 rings (SSSR count). The largest absolute Gasteiger partial charge is 0.477 e. The third kappa shape index (κ3) is 6.54. The van der Waals surface area contributed by atoms with Gasteiger partial charge in [-0.25, -0.2) is 4.79 Å². The van der Waals surface area contributed by atoms with Gasteiger partial charge in [-0.2, -0.15) is 21.1 Å². The molecule has 0 spiro atoms. The summed E-state index contributed by atoms with van der Waals surface area (Å²) in [5, 5.41) is 24.0. The number of nitrogens with two attached hydrogens (primary N) is 3. The molecule has 4 heterocycles. The van der Waals surface area contributed by atoms with Gasteiger partial charge in [0.15, 0.2) is 11.1 Å². The number of fused-ring (bicyclic) bond motifs is 1. The lowest BCUT2D eigenvalue weighted by Crippen LogP contribution is -2.71. The molecule has 0 aromatic carbocycles. The molecule has 2 aromatic rings. The summed E-state index contributed by atoms with van der Waals surface area (Å²) in [6.07, 6.45) is 1.64. The molecular formula is C20H22N10O5S4. The van der Waals surface area contributed by atoms with Gasteiger partial charge in [-0.15, -0.1) is 11.8 Å². The van der Waals surface area contributed by atoms with Crippen LogP contribution >= 0.6 is 46.8 Å². The van der Waals surface area contributed by atoms with Crippen LogP contribution in [0.25, 0.3) is 0 Å². The molecule has 0 saturated carbocycles. The maximum absolute atomic E-state index is 13.0. The lowest BCUT2D eigenvalue weighted by atomic mass is 10.0. The first-order valence-electron chi connectivity index (χ1n) is 11.0. The molecule has 2 amide bonds. The second-order valence-corrected chi connectivity index (χ2v) is 11.9. The number of guanidine groups is 1. The van der Waals surface area contributed by atoms with Crippen LogP contribution in [0.5, 0.6) is 0 Å². The molecule has 206 valence electrons. The number of aliphatic carboxylic acids is 1. The molecule has 0 bridgehead atoms. The number of hydrogen-bond acceptors (Lipinski definition) is 14. The number of aromatic nitrogens is 3. The number of aliphatic imine (C=N–C) groups is 1. The molecule has 15 nitrogen and oxygen atoms in total. The SMILES string of the molecule is NC(N)=NCCSCc1cc(SC2=C(C(=O)O)N3C(=O)[C@@H](NC(=O)/C(=N\O)c4nsc(N)n4)[C@H]3SC2)ccn1. The Morgan fingerprint density at radius 3 is 2.79 bits per heavy atom. The van der Waals surface area contributed by atoms with Crippen LogP contribution in [0.1, 0.15) is 11.5 Å². The number of hydrogen-bond donors (Lipinski definition) is 6. The lowest BCUT2D eigenvalue weighted by molar-refractivity contribution is -0.150. The van der Waals surface area contributed by atoms with Gasteiger partial charge < -0.3 is 32.8 Å². The van der Waals surface area contributed by atoms with Gasteiger partial charge >= 0.3 is 5.97 Å². The summed E-state index contributed by atoms with van der Waals surface area (Å²) in [5.74, 6) is -1.29. The number of oxime groups is 1. The van der Waals surface area contributed by atoms with Crippen LogP contribution in [0, 0.1) is 0 Å². The summed E-state index contributed by atoms with van der Waals surface area (Å²) in [7, 11) is 0. The van der Waals surface area contributed by atoms with Crippen molar-refractivity contribution >= 4 is 81.4 Å². The van der Waals surface area contributed by atoms with E-state index in [-0.39, 0.29) is 22.6 Å². The molecule has 1 saturated heterocycles. The van der Waals surface area contributed by atoms with Crippen LogP contribution in [-0.4, -0.2) is 88.5 Å². The molecule has 0 radical (unpaired) electrons. The molecule has 2 atom stereocenters. The van der Waals surface area contributed by atoms with Crippen LogP contribution < -0.4 is 22.5 Å². The van der Waals surface area contributed by atoms with E-state index in [2.05, 4.69) is 29.8 Å². The fourth-order valence-corrected chi connectivity index (χ4v) is 7.25. The minimum Gasteiger partial charge on any atom is -0.477 e. The Morgan fingerprint density at radius 2 is 2.13 bits per heavy atom. The second kappa shape index (κ2) is 12.5. The monoisotopic (exact) mass is 610 g/mol. The van der Waals surface area contributed by atoms with E-state index in [1.165, 1.54) is 23.5 Å². The van der Waals surface area contributed by atoms with E-state index in [0.29, 0.717) is 28.7 Å². The van der Waals surface area contributed by atoms with E-state index >= 15 is 0 Å². The normalized spacial score (nSPS) is 18.8. The molecule has 39 heavy (non-hydrogen) atoms. The number of carboxylic acid groups (broad SMARTS) is 1. The summed E-state index contributed by atoms with van der Waals surface area (Å²) in [5.41, 5.74) is 16.3. The zero-order valence-corrected chi connectivity index (χ0v) is 23.1. The Morgan fingerprint density at radius 1 is 1.33 bits per heavy atom. The molecule has 1 fully saturated rings. The van der Waals surface area contributed by atoms with Gasteiger partial charge in [0.25, 0.3) is 11.8 Å². The number of nitrogens with zero attached hydrogens (tertiary/aromatic N) is 6. The van der Waals surface area contributed by atoms with Gasteiger partial charge in [-0.1, -0.05) is 16.9 Å². The number of pyridine rings is 1. The molecule has 0 unspecified atom stereocenters. The van der Waals surface area contributed by atoms with Crippen LogP contribution in [0.3, 0.4) is 0 Å². The lowest BCUT2D eigenvalue weighted by Gasteiger charge is -2.49. The molecule has 19 heteroatoms. The number of anilines is 1. The number of nitrogen functional groups attached to an aromatic ring is 1. The molecule has 9 N–H and O–H groups in total. The number of carbonyl (C=O) groups excluding carboxylic acids is 2. The number of carboxylic acids is 1. The second-order valence-electron chi connectivity index (χ2n) is 7.79. The Kier molecular flexibility index (Phi) is 9.15. The molecule has 2 aromatic heterocycles. The van der Waals surface area contributed by atoms with E-state index in [9.17, 15) is 24.7 Å². The third-order valence-electron chi connectivity index (χ3n) is 5.20. The van der Waals surface area contributed by atoms with Crippen LogP contribution in [0.15, 0.2) is 44.0 Å². The molecule has 2 aliphatic heterocycles. The zero-order chi connectivity index (χ0) is 28.1. The quantitative estimate of drug-likeness (QED) is 0.0477. The van der Waals surface area contributed by atoms with Crippen molar-refractivity contribution in [2.24, 2.45) is 21.6 Å². The minimum atomic E-state index is -1.26. The maximum Gasteiger partial charge on any atom is 0.353 e. The van der Waals surface area contributed by atoms with Crippen molar-refractivity contribution in [2.75, 3.05) is 23.8 Å². The van der Waals surface area contributed by atoms with Crippen LogP contribution in [-0.2, 0) is 20.1 Å².